The van der Waals surface area contributed by atoms with Crippen LogP contribution in [0.3, 0.4) is 0 Å². The number of para-hydroxylation sites is 1. The Morgan fingerprint density at radius 1 is 1.20 bits per heavy atom. The second kappa shape index (κ2) is 4.72. The number of fused-ring (bicyclic) bond motifs is 3. The Balaban J connectivity index is 1.76. The number of morpholine rings is 1. The van der Waals surface area contributed by atoms with Crippen molar-refractivity contribution in [2.24, 2.45) is 0 Å². The molecular formula is C16H18N2O2. The summed E-state index contributed by atoms with van der Waals surface area (Å²) in [4.78, 5) is 7.07. The number of hydrogen-bond acceptors (Lipinski definition) is 4. The molecule has 2 aliphatic heterocycles. The minimum Gasteiger partial charge on any atom is -0.392 e. The molecule has 2 bridgehead atoms. The van der Waals surface area contributed by atoms with Gasteiger partial charge in [0, 0.05) is 18.5 Å². The van der Waals surface area contributed by atoms with Crippen molar-refractivity contribution in [1.82, 2.24) is 4.98 Å². The Hall–Kier alpha value is -1.65. The summed E-state index contributed by atoms with van der Waals surface area (Å²) < 4.78 is 5.87. The first-order chi connectivity index (χ1) is 9.83. The molecule has 4 nitrogen and oxygen atoms in total. The molecule has 2 saturated heterocycles. The molecule has 1 aromatic carbocycles. The van der Waals surface area contributed by atoms with E-state index in [4.69, 9.17) is 9.72 Å². The molecule has 0 saturated carbocycles. The van der Waals surface area contributed by atoms with E-state index in [1.54, 1.807) is 0 Å². The van der Waals surface area contributed by atoms with Crippen LogP contribution >= 0.6 is 0 Å². The molecule has 0 aliphatic carbocycles. The van der Waals surface area contributed by atoms with Crippen LogP contribution in [-0.4, -0.2) is 35.4 Å². The molecule has 0 amide bonds. The number of benzene rings is 1. The van der Waals surface area contributed by atoms with Crippen LogP contribution in [-0.2, 0) is 11.3 Å². The standard InChI is InChI=1S/C16H18N2O2/c19-10-11-7-16(17-15-4-2-1-3-14(11)15)18-8-12-5-6-13(9-18)20-12/h1-4,7,12-13,19H,5-6,8-10H2. The van der Waals surface area contributed by atoms with E-state index in [2.05, 4.69) is 4.90 Å². The van der Waals surface area contributed by atoms with E-state index in [1.165, 1.54) is 0 Å². The van der Waals surface area contributed by atoms with Gasteiger partial charge in [-0.1, -0.05) is 18.2 Å². The highest BCUT2D eigenvalue weighted by atomic mass is 16.5. The molecule has 0 spiro atoms. The number of anilines is 1. The molecule has 2 atom stereocenters. The molecule has 4 rings (SSSR count). The van der Waals surface area contributed by atoms with Gasteiger partial charge in [-0.3, -0.25) is 0 Å². The Kier molecular flexibility index (Phi) is 2.86. The summed E-state index contributed by atoms with van der Waals surface area (Å²) in [5.41, 5.74) is 1.90. The van der Waals surface area contributed by atoms with Crippen LogP contribution in [0.15, 0.2) is 30.3 Å². The maximum absolute atomic E-state index is 9.60. The quantitative estimate of drug-likeness (QED) is 0.907. The average Bonchev–Trinajstić information content (AvgIpc) is 2.84. The van der Waals surface area contributed by atoms with E-state index in [1.807, 2.05) is 30.3 Å². The van der Waals surface area contributed by atoms with Gasteiger partial charge in [0.1, 0.15) is 5.82 Å². The fraction of sp³-hybridized carbons (Fsp3) is 0.438. The fourth-order valence-corrected chi connectivity index (χ4v) is 3.33. The number of aliphatic hydroxyl groups excluding tert-OH is 1. The van der Waals surface area contributed by atoms with Crippen molar-refractivity contribution >= 4 is 16.7 Å². The van der Waals surface area contributed by atoms with E-state index < -0.39 is 0 Å². The van der Waals surface area contributed by atoms with E-state index in [0.29, 0.717) is 12.2 Å². The lowest BCUT2D eigenvalue weighted by molar-refractivity contribution is 0.0302. The lowest BCUT2D eigenvalue weighted by Crippen LogP contribution is -2.43. The third-order valence-electron chi connectivity index (χ3n) is 4.33. The molecule has 20 heavy (non-hydrogen) atoms. The number of hydrogen-bond donors (Lipinski definition) is 1. The third kappa shape index (κ3) is 1.96. The van der Waals surface area contributed by atoms with Gasteiger partial charge in [-0.15, -0.1) is 0 Å². The summed E-state index contributed by atoms with van der Waals surface area (Å²) in [7, 11) is 0. The molecule has 0 radical (unpaired) electrons. The molecular weight excluding hydrogens is 252 g/mol. The smallest absolute Gasteiger partial charge is 0.129 e. The lowest BCUT2D eigenvalue weighted by atomic mass is 10.1. The molecule has 4 heteroatoms. The average molecular weight is 270 g/mol. The van der Waals surface area contributed by atoms with Crippen LogP contribution in [0.25, 0.3) is 10.9 Å². The van der Waals surface area contributed by atoms with Crippen LogP contribution in [0.2, 0.25) is 0 Å². The number of rotatable bonds is 2. The van der Waals surface area contributed by atoms with Gasteiger partial charge in [0.25, 0.3) is 0 Å². The minimum atomic E-state index is 0.0488. The summed E-state index contributed by atoms with van der Waals surface area (Å²) in [6.07, 6.45) is 3.00. The van der Waals surface area contributed by atoms with E-state index in [0.717, 1.165) is 48.2 Å². The molecule has 1 N–H and O–H groups in total. The molecule has 3 heterocycles. The first kappa shape index (κ1) is 12.1. The second-order valence-electron chi connectivity index (χ2n) is 5.68. The molecule has 2 fully saturated rings. The normalized spacial score (nSPS) is 25.4. The van der Waals surface area contributed by atoms with E-state index >= 15 is 0 Å². The highest BCUT2D eigenvalue weighted by molar-refractivity contribution is 5.84. The summed E-state index contributed by atoms with van der Waals surface area (Å²) in [6, 6.07) is 10.0. The van der Waals surface area contributed by atoms with Gasteiger partial charge in [-0.2, -0.15) is 0 Å². The van der Waals surface area contributed by atoms with Crippen LogP contribution in [0.1, 0.15) is 18.4 Å². The zero-order valence-corrected chi connectivity index (χ0v) is 11.3. The Morgan fingerprint density at radius 2 is 1.95 bits per heavy atom. The van der Waals surface area contributed by atoms with Crippen LogP contribution in [0.4, 0.5) is 5.82 Å². The van der Waals surface area contributed by atoms with E-state index in [9.17, 15) is 5.11 Å². The summed E-state index contributed by atoms with van der Waals surface area (Å²) >= 11 is 0. The zero-order chi connectivity index (χ0) is 13.5. The fourth-order valence-electron chi connectivity index (χ4n) is 3.33. The van der Waals surface area contributed by atoms with Crippen molar-refractivity contribution in [3.8, 4) is 0 Å². The summed E-state index contributed by atoms with van der Waals surface area (Å²) in [5.74, 6) is 0.966. The minimum absolute atomic E-state index is 0.0488. The van der Waals surface area contributed by atoms with E-state index in [-0.39, 0.29) is 6.61 Å². The summed E-state index contributed by atoms with van der Waals surface area (Å²) in [6.45, 7) is 1.87. The Morgan fingerprint density at radius 3 is 2.70 bits per heavy atom. The highest BCUT2D eigenvalue weighted by Crippen LogP contribution is 2.30. The largest absolute Gasteiger partial charge is 0.392 e. The number of aromatic nitrogens is 1. The van der Waals surface area contributed by atoms with Gasteiger partial charge in [-0.05, 0) is 30.5 Å². The first-order valence-corrected chi connectivity index (χ1v) is 7.23. The first-order valence-electron chi connectivity index (χ1n) is 7.23. The summed E-state index contributed by atoms with van der Waals surface area (Å²) in [5, 5.41) is 10.6. The number of aliphatic hydroxyl groups is 1. The third-order valence-corrected chi connectivity index (χ3v) is 4.33. The topological polar surface area (TPSA) is 45.6 Å². The van der Waals surface area contributed by atoms with Gasteiger partial charge < -0.3 is 14.7 Å². The lowest BCUT2D eigenvalue weighted by Gasteiger charge is -2.33. The predicted molar refractivity (Wildman–Crippen MR) is 77.8 cm³/mol. The maximum atomic E-state index is 9.60. The molecule has 104 valence electrons. The van der Waals surface area contributed by atoms with Crippen LogP contribution < -0.4 is 4.90 Å². The van der Waals surface area contributed by atoms with Crippen LogP contribution in [0.5, 0.6) is 0 Å². The Bertz CT molecular complexity index is 631. The molecule has 1 aromatic heterocycles. The van der Waals surface area contributed by atoms with Crippen LogP contribution in [0, 0.1) is 0 Å². The van der Waals surface area contributed by atoms with Crippen molar-refractivity contribution in [3.63, 3.8) is 0 Å². The highest BCUT2D eigenvalue weighted by Gasteiger charge is 2.34. The number of ether oxygens (including phenoxy) is 1. The zero-order valence-electron chi connectivity index (χ0n) is 11.3. The predicted octanol–water partition coefficient (Wildman–Crippen LogP) is 2.09. The number of nitrogens with zero attached hydrogens (tertiary/aromatic N) is 2. The Labute approximate surface area is 118 Å². The van der Waals surface area contributed by atoms with Crippen molar-refractivity contribution in [1.29, 1.82) is 0 Å². The monoisotopic (exact) mass is 270 g/mol. The molecule has 2 aromatic rings. The van der Waals surface area contributed by atoms with Crippen molar-refractivity contribution in [3.05, 3.63) is 35.9 Å². The SMILES string of the molecule is OCc1cc(N2CC3CCC(C2)O3)nc2ccccc12. The van der Waals surface area contributed by atoms with Gasteiger partial charge in [0.15, 0.2) is 0 Å². The number of pyridine rings is 1. The van der Waals surface area contributed by atoms with Gasteiger partial charge in [0.2, 0.25) is 0 Å². The molecule has 2 aliphatic rings. The van der Waals surface area contributed by atoms with Crippen molar-refractivity contribution in [2.75, 3.05) is 18.0 Å². The van der Waals surface area contributed by atoms with Crippen molar-refractivity contribution < 1.29 is 9.84 Å². The van der Waals surface area contributed by atoms with Gasteiger partial charge >= 0.3 is 0 Å². The second-order valence-corrected chi connectivity index (χ2v) is 5.68. The molecule has 2 unspecified atom stereocenters. The van der Waals surface area contributed by atoms with Crippen molar-refractivity contribution in [2.45, 2.75) is 31.7 Å². The van der Waals surface area contributed by atoms with Gasteiger partial charge in [0.05, 0.1) is 24.3 Å². The van der Waals surface area contributed by atoms with Gasteiger partial charge in [-0.25, -0.2) is 4.98 Å². The maximum Gasteiger partial charge on any atom is 0.129 e.